The van der Waals surface area contributed by atoms with Gasteiger partial charge in [0.2, 0.25) is 11.4 Å². The predicted octanol–water partition coefficient (Wildman–Crippen LogP) is -0.180. The van der Waals surface area contributed by atoms with Crippen molar-refractivity contribution in [2.45, 2.75) is 39.5 Å². The highest BCUT2D eigenvalue weighted by Gasteiger charge is 2.10. The fraction of sp³-hybridized carbons (Fsp3) is 0.214. The summed E-state index contributed by atoms with van der Waals surface area (Å²) in [4.78, 5) is 0. The van der Waals surface area contributed by atoms with Gasteiger partial charge in [-0.1, -0.05) is 51.0 Å². The average molecular weight is 465 g/mol. The molecule has 4 aromatic rings. The highest BCUT2D eigenvalue weighted by molar-refractivity contribution is 5.61. The number of halogens is 2. The van der Waals surface area contributed by atoms with Crippen molar-refractivity contribution >= 4 is 0 Å². The molecule has 2 aromatic heterocycles. The summed E-state index contributed by atoms with van der Waals surface area (Å²) >= 11 is 0. The Morgan fingerprint density at radius 1 is 0.531 bits per heavy atom. The van der Waals surface area contributed by atoms with Crippen molar-refractivity contribution in [3.8, 4) is 22.5 Å². The van der Waals surface area contributed by atoms with E-state index in [9.17, 15) is 0 Å². The van der Waals surface area contributed by atoms with E-state index >= 15 is 0 Å². The Balaban J connectivity index is 0.00000181. The van der Waals surface area contributed by atoms with Crippen LogP contribution in [0.2, 0.25) is 0 Å². The van der Waals surface area contributed by atoms with E-state index in [2.05, 4.69) is 121 Å². The predicted molar refractivity (Wildman–Crippen MR) is 123 cm³/mol. The summed E-state index contributed by atoms with van der Waals surface area (Å²) in [7, 11) is 0. The molecule has 4 rings (SSSR count). The smallest absolute Gasteiger partial charge is 0.210 e. The Labute approximate surface area is 204 Å². The van der Waals surface area contributed by atoms with Crippen molar-refractivity contribution in [2.75, 3.05) is 0 Å². The minimum atomic E-state index is 0. The molecule has 4 heteroatoms. The van der Waals surface area contributed by atoms with Crippen LogP contribution in [0.15, 0.2) is 97.6 Å². The van der Waals surface area contributed by atoms with Crippen LogP contribution in [0.1, 0.15) is 37.8 Å². The lowest BCUT2D eigenvalue weighted by molar-refractivity contribution is -0.596. The van der Waals surface area contributed by atoms with E-state index in [1.165, 1.54) is 46.5 Å². The Kier molecular flexibility index (Phi) is 9.90. The molecule has 0 spiro atoms. The molecule has 2 nitrogen and oxygen atoms in total. The third-order valence-electron chi connectivity index (χ3n) is 5.49. The lowest BCUT2D eigenvalue weighted by Crippen LogP contribution is -3.00. The minimum Gasteiger partial charge on any atom is -1.00 e. The SMILES string of the molecule is CCCc1cccc(-[n+]2ccc(-c3cc[n+](-c4cccc(CCC)c4)cc3)cc2)c1.[Cl-].[Cl-]. The van der Waals surface area contributed by atoms with Crippen molar-refractivity contribution in [2.24, 2.45) is 0 Å². The number of aromatic nitrogens is 2. The van der Waals surface area contributed by atoms with Crippen LogP contribution in [0.25, 0.3) is 22.5 Å². The van der Waals surface area contributed by atoms with Gasteiger partial charge in [0, 0.05) is 48.5 Å². The van der Waals surface area contributed by atoms with Gasteiger partial charge in [0.1, 0.15) is 0 Å². The van der Waals surface area contributed by atoms with Crippen LogP contribution < -0.4 is 33.9 Å². The van der Waals surface area contributed by atoms with Gasteiger partial charge in [0.15, 0.2) is 24.8 Å². The summed E-state index contributed by atoms with van der Waals surface area (Å²) in [6.45, 7) is 4.44. The van der Waals surface area contributed by atoms with E-state index in [4.69, 9.17) is 0 Å². The molecular weight excluding hydrogens is 435 g/mol. The molecule has 2 aromatic carbocycles. The topological polar surface area (TPSA) is 7.76 Å². The average Bonchev–Trinajstić information content (AvgIpc) is 2.80. The highest BCUT2D eigenvalue weighted by atomic mass is 35.5. The van der Waals surface area contributed by atoms with Gasteiger partial charge in [0.05, 0.1) is 0 Å². The molecule has 0 aliphatic carbocycles. The van der Waals surface area contributed by atoms with Crippen LogP contribution in [0, 0.1) is 0 Å². The quantitative estimate of drug-likeness (QED) is 0.335. The summed E-state index contributed by atoms with van der Waals surface area (Å²) in [5.41, 5.74) is 7.66. The number of hydrogen-bond acceptors (Lipinski definition) is 0. The third kappa shape index (κ3) is 6.18. The van der Waals surface area contributed by atoms with Crippen LogP contribution in [0.5, 0.6) is 0 Å². The van der Waals surface area contributed by atoms with Gasteiger partial charge < -0.3 is 24.8 Å². The zero-order chi connectivity index (χ0) is 20.8. The summed E-state index contributed by atoms with van der Waals surface area (Å²) in [6, 6.07) is 26.3. The lowest BCUT2D eigenvalue weighted by atomic mass is 10.1. The first-order valence-electron chi connectivity index (χ1n) is 11.0. The Morgan fingerprint density at radius 2 is 0.906 bits per heavy atom. The summed E-state index contributed by atoms with van der Waals surface area (Å²) < 4.78 is 4.37. The molecular formula is C28H30Cl2N2. The van der Waals surface area contributed by atoms with E-state index in [1.807, 2.05) is 0 Å². The zero-order valence-electron chi connectivity index (χ0n) is 18.7. The monoisotopic (exact) mass is 464 g/mol. The normalized spacial score (nSPS) is 10.2. The first kappa shape index (κ1) is 25.6. The van der Waals surface area contributed by atoms with Crippen molar-refractivity contribution < 1.29 is 33.9 Å². The van der Waals surface area contributed by atoms with E-state index in [1.54, 1.807) is 0 Å². The maximum Gasteiger partial charge on any atom is 0.210 e. The van der Waals surface area contributed by atoms with Gasteiger partial charge in [-0.25, -0.2) is 0 Å². The van der Waals surface area contributed by atoms with Gasteiger partial charge in [-0.05, 0) is 35.1 Å². The van der Waals surface area contributed by atoms with Gasteiger partial charge in [-0.2, -0.15) is 9.13 Å². The standard InChI is InChI=1S/C28H30N2.2ClH/c1-3-7-23-9-5-11-27(21-23)29-17-13-25(14-18-29)26-15-19-30(20-16-26)28-12-6-10-24(22-28)8-4-2;;/h5-6,9-22H,3-4,7-8H2,1-2H3;2*1H/q+2;;/p-2. The first-order chi connectivity index (χ1) is 14.8. The van der Waals surface area contributed by atoms with Crippen molar-refractivity contribution in [3.63, 3.8) is 0 Å². The van der Waals surface area contributed by atoms with E-state index in [-0.39, 0.29) is 24.8 Å². The fourth-order valence-corrected chi connectivity index (χ4v) is 3.90. The van der Waals surface area contributed by atoms with Gasteiger partial charge >= 0.3 is 0 Å². The molecule has 0 saturated heterocycles. The number of pyridine rings is 2. The zero-order valence-corrected chi connectivity index (χ0v) is 20.2. The Hall–Kier alpha value is -2.68. The number of rotatable bonds is 7. The van der Waals surface area contributed by atoms with Crippen LogP contribution in [-0.2, 0) is 12.8 Å². The number of aryl methyl sites for hydroxylation is 2. The van der Waals surface area contributed by atoms with Gasteiger partial charge in [0.25, 0.3) is 0 Å². The first-order valence-corrected chi connectivity index (χ1v) is 11.0. The number of nitrogens with zero attached hydrogens (tertiary/aromatic N) is 2. The van der Waals surface area contributed by atoms with Gasteiger partial charge in [-0.15, -0.1) is 0 Å². The van der Waals surface area contributed by atoms with E-state index in [0.717, 1.165) is 12.8 Å². The minimum absolute atomic E-state index is 0. The van der Waals surface area contributed by atoms with Crippen molar-refractivity contribution in [1.82, 2.24) is 0 Å². The third-order valence-corrected chi connectivity index (χ3v) is 5.49. The largest absolute Gasteiger partial charge is 1.00 e. The molecule has 0 amide bonds. The molecule has 0 atom stereocenters. The number of hydrogen-bond donors (Lipinski definition) is 0. The second kappa shape index (κ2) is 12.4. The molecule has 0 fully saturated rings. The number of benzene rings is 2. The van der Waals surface area contributed by atoms with Crippen LogP contribution >= 0.6 is 0 Å². The Bertz CT molecular complexity index is 1020. The molecule has 32 heavy (non-hydrogen) atoms. The molecule has 0 aliphatic heterocycles. The fourth-order valence-electron chi connectivity index (χ4n) is 3.90. The second-order valence-corrected chi connectivity index (χ2v) is 7.83. The molecule has 0 radical (unpaired) electrons. The lowest BCUT2D eigenvalue weighted by Gasteiger charge is -2.03. The maximum atomic E-state index is 2.28. The molecule has 0 unspecified atom stereocenters. The summed E-state index contributed by atoms with van der Waals surface area (Å²) in [5, 5.41) is 0. The van der Waals surface area contributed by atoms with Crippen LogP contribution in [0.3, 0.4) is 0 Å². The van der Waals surface area contributed by atoms with Crippen molar-refractivity contribution in [1.29, 1.82) is 0 Å². The summed E-state index contributed by atoms with van der Waals surface area (Å²) in [5.74, 6) is 0. The van der Waals surface area contributed by atoms with E-state index < -0.39 is 0 Å². The van der Waals surface area contributed by atoms with Crippen LogP contribution in [-0.4, -0.2) is 0 Å². The van der Waals surface area contributed by atoms with Crippen LogP contribution in [0.4, 0.5) is 0 Å². The van der Waals surface area contributed by atoms with Crippen molar-refractivity contribution in [3.05, 3.63) is 109 Å². The Morgan fingerprint density at radius 3 is 1.25 bits per heavy atom. The van der Waals surface area contributed by atoms with E-state index in [0.29, 0.717) is 0 Å². The molecule has 0 N–H and O–H groups in total. The molecule has 0 aliphatic rings. The molecule has 0 bridgehead atoms. The molecule has 166 valence electrons. The molecule has 2 heterocycles. The maximum absolute atomic E-state index is 2.28. The second-order valence-electron chi connectivity index (χ2n) is 7.83. The molecule has 0 saturated carbocycles. The summed E-state index contributed by atoms with van der Waals surface area (Å²) in [6.07, 6.45) is 13.2. The highest BCUT2D eigenvalue weighted by Crippen LogP contribution is 2.17. The van der Waals surface area contributed by atoms with Gasteiger partial charge in [-0.3, -0.25) is 0 Å².